The molecule has 4 nitrogen and oxygen atoms in total. The minimum atomic E-state index is -0.861. The van der Waals surface area contributed by atoms with E-state index < -0.39 is 5.41 Å². The van der Waals surface area contributed by atoms with Gasteiger partial charge in [0, 0.05) is 27.7 Å². The summed E-state index contributed by atoms with van der Waals surface area (Å²) in [6.07, 6.45) is 4.42. The highest BCUT2D eigenvalue weighted by atomic mass is 16.3. The zero-order valence-corrected chi connectivity index (χ0v) is 43.5. The van der Waals surface area contributed by atoms with Gasteiger partial charge in [0.05, 0.1) is 0 Å². The van der Waals surface area contributed by atoms with Crippen molar-refractivity contribution in [2.75, 3.05) is 0 Å². The Morgan fingerprint density at radius 2 is 0.706 bits per heavy atom. The Bertz CT molecular complexity index is 3210. The number of aryl methyl sites for hydroxylation is 3. The molecule has 8 aromatic rings. The van der Waals surface area contributed by atoms with Crippen LogP contribution in [0, 0.1) is 16.2 Å². The van der Waals surface area contributed by atoms with Crippen molar-refractivity contribution in [2.45, 2.75) is 147 Å². The predicted molar refractivity (Wildman–Crippen MR) is 293 cm³/mol. The lowest BCUT2D eigenvalue weighted by atomic mass is 9.67. The Labute approximate surface area is 406 Å². The van der Waals surface area contributed by atoms with Gasteiger partial charge in [0.15, 0.2) is 0 Å². The number of hydrogen-bond acceptors (Lipinski definition) is 4. The fraction of sp³-hybridized carbons (Fsp3) is 0.397. The first-order valence-corrected chi connectivity index (χ1v) is 25.4. The van der Waals surface area contributed by atoms with Gasteiger partial charge in [-0.25, -0.2) is 0 Å². The van der Waals surface area contributed by atoms with Gasteiger partial charge in [0.1, 0.15) is 30.3 Å². The number of rotatable bonds is 11. The summed E-state index contributed by atoms with van der Waals surface area (Å²) in [6, 6.07) is 30.3. The molecule has 0 atom stereocenters. The van der Waals surface area contributed by atoms with E-state index in [1.165, 1.54) is 0 Å². The van der Waals surface area contributed by atoms with Crippen molar-refractivity contribution < 1.29 is 20.4 Å². The zero-order chi connectivity index (χ0) is 49.4. The molecular weight excluding hydrogens is 832 g/mol. The average Bonchev–Trinajstić information content (AvgIpc) is 3.27. The maximum Gasteiger partial charge on any atom is 0.123 e. The number of benzene rings is 8. The molecular formula is C63H75BO4. The first kappa shape index (κ1) is 48.8. The number of aromatic hydroxyl groups is 4. The van der Waals surface area contributed by atoms with Gasteiger partial charge in [-0.05, 0) is 180 Å². The van der Waals surface area contributed by atoms with Crippen molar-refractivity contribution in [1.29, 1.82) is 0 Å². The van der Waals surface area contributed by atoms with Crippen LogP contribution in [0.25, 0.3) is 53.9 Å². The molecule has 0 aliphatic rings. The molecule has 0 fully saturated rings. The van der Waals surface area contributed by atoms with E-state index in [-0.39, 0.29) is 22.0 Å². The molecule has 8 rings (SSSR count). The Morgan fingerprint density at radius 3 is 1.04 bits per heavy atom. The van der Waals surface area contributed by atoms with Crippen LogP contribution in [0.5, 0.6) is 23.0 Å². The Balaban J connectivity index is 1.86. The van der Waals surface area contributed by atoms with Crippen LogP contribution in [0.15, 0.2) is 84.9 Å². The maximum absolute atomic E-state index is 13.5. The fourth-order valence-electron chi connectivity index (χ4n) is 11.9. The highest BCUT2D eigenvalue weighted by molar-refractivity contribution is 6.42. The third kappa shape index (κ3) is 8.26. The lowest BCUT2D eigenvalue weighted by Gasteiger charge is -2.36. The summed E-state index contributed by atoms with van der Waals surface area (Å²) in [5.74, 6) is 1.26. The molecule has 8 aromatic carbocycles. The quantitative estimate of drug-likeness (QED) is 0.0592. The Hall–Kier alpha value is -5.68. The molecule has 0 saturated heterocycles. The SMILES string of the molecule is CBCc1cc2c(c(CC)c1O)c1c(C(C)(c3ccccc3)c3ccccc3)c(O)c(CC(C)(C)C)cc1c1c3cc(CC(C)(C)C)c(O)c(CC)c3c3c(CC)c(O)c(CC(C)(C)C)cc3c21. The summed E-state index contributed by atoms with van der Waals surface area (Å²) in [6.45, 7) is 30.9. The normalized spacial score (nSPS) is 12.9. The van der Waals surface area contributed by atoms with Crippen LogP contribution in [-0.2, 0) is 50.3 Å². The van der Waals surface area contributed by atoms with Crippen LogP contribution in [-0.4, -0.2) is 27.7 Å². The Kier molecular flexibility index (Phi) is 12.7. The maximum atomic E-state index is 13.5. The molecule has 0 amide bonds. The second-order valence-corrected chi connectivity index (χ2v) is 23.7. The summed E-state index contributed by atoms with van der Waals surface area (Å²) in [5.41, 5.74) is 7.89. The predicted octanol–water partition coefficient (Wildman–Crippen LogP) is 16.1. The molecule has 0 aliphatic heterocycles. The van der Waals surface area contributed by atoms with E-state index in [1.807, 2.05) is 0 Å². The highest BCUT2D eigenvalue weighted by Crippen LogP contribution is 2.57. The number of hydrogen-bond donors (Lipinski definition) is 4. The number of phenolic OH excluding ortho intramolecular Hbond substituents is 4. The molecule has 5 heteroatoms. The fourth-order valence-corrected chi connectivity index (χ4v) is 11.9. The summed E-state index contributed by atoms with van der Waals surface area (Å²) < 4.78 is 0. The van der Waals surface area contributed by atoms with Crippen LogP contribution in [0.1, 0.15) is 146 Å². The van der Waals surface area contributed by atoms with Crippen molar-refractivity contribution in [3.8, 4) is 23.0 Å². The van der Waals surface area contributed by atoms with E-state index in [0.29, 0.717) is 62.1 Å². The summed E-state index contributed by atoms with van der Waals surface area (Å²) in [7, 11) is 0.860. The van der Waals surface area contributed by atoms with Crippen molar-refractivity contribution in [3.05, 3.63) is 141 Å². The van der Waals surface area contributed by atoms with Gasteiger partial charge >= 0.3 is 0 Å². The minimum absolute atomic E-state index is 0.116. The Morgan fingerprint density at radius 1 is 0.397 bits per heavy atom. The largest absolute Gasteiger partial charge is 0.507 e. The molecule has 0 bridgehead atoms. The van der Waals surface area contributed by atoms with E-state index in [9.17, 15) is 20.4 Å². The van der Waals surface area contributed by atoms with Crippen molar-refractivity contribution in [2.24, 2.45) is 16.2 Å². The average molecular weight is 907 g/mol. The van der Waals surface area contributed by atoms with Gasteiger partial charge in [0.25, 0.3) is 0 Å². The van der Waals surface area contributed by atoms with Crippen LogP contribution >= 0.6 is 0 Å². The van der Waals surface area contributed by atoms with Crippen molar-refractivity contribution >= 4 is 61.1 Å². The summed E-state index contributed by atoms with van der Waals surface area (Å²) >= 11 is 0. The molecule has 0 heterocycles. The van der Waals surface area contributed by atoms with Crippen LogP contribution in [0.4, 0.5) is 0 Å². The number of phenols is 4. The third-order valence-electron chi connectivity index (χ3n) is 14.6. The van der Waals surface area contributed by atoms with Crippen molar-refractivity contribution in [1.82, 2.24) is 0 Å². The van der Waals surface area contributed by atoms with Crippen LogP contribution in [0.3, 0.4) is 0 Å². The lowest BCUT2D eigenvalue weighted by molar-refractivity contribution is 0.391. The first-order valence-electron chi connectivity index (χ1n) is 25.4. The second kappa shape index (κ2) is 17.7. The lowest BCUT2D eigenvalue weighted by Crippen LogP contribution is -2.26. The standard InChI is InChI=1S/C63H75BO4/c1-15-42-49-45(28-36(56(42)65)32-60(4,5)6)52-47-31-39(35-64-14)58(67)44(17-3)51(47)54-48(53(52)46-29-37(33-61(7,8)9)57(66)43(16-2)50(46)49)30-38(34-62(10,11)12)59(68)55(54)63(13,40-24-20-18-21-25-40)41-26-22-19-23-27-41/h18-31,64-68H,15-17,32-35H2,1-14H3. The molecule has 0 unspecified atom stereocenters. The van der Waals surface area contributed by atoms with Gasteiger partial charge in [-0.3, -0.25) is 0 Å². The van der Waals surface area contributed by atoms with E-state index in [1.54, 1.807) is 0 Å². The molecule has 0 spiro atoms. The van der Waals surface area contributed by atoms with Gasteiger partial charge in [-0.15, -0.1) is 0 Å². The smallest absolute Gasteiger partial charge is 0.123 e. The van der Waals surface area contributed by atoms with Gasteiger partial charge in [0.2, 0.25) is 0 Å². The van der Waals surface area contributed by atoms with Gasteiger partial charge in [-0.2, -0.15) is 0 Å². The van der Waals surface area contributed by atoms with Gasteiger partial charge < -0.3 is 20.4 Å². The minimum Gasteiger partial charge on any atom is -0.507 e. The third-order valence-corrected chi connectivity index (χ3v) is 14.6. The van der Waals surface area contributed by atoms with E-state index in [4.69, 9.17) is 0 Å². The molecule has 0 aromatic heterocycles. The second-order valence-electron chi connectivity index (χ2n) is 23.7. The van der Waals surface area contributed by atoms with E-state index in [0.717, 1.165) is 117 Å². The topological polar surface area (TPSA) is 80.9 Å². The van der Waals surface area contributed by atoms with Crippen LogP contribution < -0.4 is 0 Å². The molecule has 0 aliphatic carbocycles. The van der Waals surface area contributed by atoms with Crippen LogP contribution in [0.2, 0.25) is 6.82 Å². The highest BCUT2D eigenvalue weighted by Gasteiger charge is 2.39. The van der Waals surface area contributed by atoms with Gasteiger partial charge in [-0.1, -0.05) is 151 Å². The first-order chi connectivity index (χ1) is 32.0. The monoisotopic (exact) mass is 907 g/mol. The van der Waals surface area contributed by atoms with E-state index in [2.05, 4.69) is 182 Å². The zero-order valence-electron chi connectivity index (χ0n) is 43.5. The number of fused-ring (bicyclic) bond motifs is 11. The molecule has 68 heavy (non-hydrogen) atoms. The molecule has 4 N–H and O–H groups in total. The van der Waals surface area contributed by atoms with E-state index >= 15 is 0 Å². The summed E-state index contributed by atoms with van der Waals surface area (Å²) in [5, 5.41) is 61.4. The molecule has 354 valence electrons. The van der Waals surface area contributed by atoms with Crippen molar-refractivity contribution in [3.63, 3.8) is 0 Å². The summed E-state index contributed by atoms with van der Waals surface area (Å²) in [4.78, 5) is 0. The molecule has 0 saturated carbocycles. The molecule has 0 radical (unpaired) electrons.